The fraction of sp³-hybridized carbons (Fsp3) is 0.130. The van der Waals surface area contributed by atoms with Crippen LogP contribution in [0.2, 0.25) is 0 Å². The minimum absolute atomic E-state index is 0.0835. The Morgan fingerprint density at radius 1 is 0.966 bits per heavy atom. The lowest BCUT2D eigenvalue weighted by Crippen LogP contribution is -2.19. The van der Waals surface area contributed by atoms with Crippen molar-refractivity contribution < 1.29 is 23.8 Å². The summed E-state index contributed by atoms with van der Waals surface area (Å²) in [6, 6.07) is 19.6. The number of amides is 1. The highest BCUT2D eigenvalue weighted by atomic mass is 19.1. The molecule has 0 saturated carbocycles. The fourth-order valence-electron chi connectivity index (χ4n) is 3.74. The highest BCUT2D eigenvalue weighted by Gasteiger charge is 2.29. The van der Waals surface area contributed by atoms with Gasteiger partial charge < -0.3 is 9.84 Å². The van der Waals surface area contributed by atoms with Crippen LogP contribution < -0.4 is 5.32 Å². The zero-order valence-corrected chi connectivity index (χ0v) is 15.4. The molecule has 0 fully saturated rings. The third-order valence-corrected chi connectivity index (χ3v) is 4.99. The van der Waals surface area contributed by atoms with Gasteiger partial charge in [-0.2, -0.15) is 0 Å². The zero-order chi connectivity index (χ0) is 20.4. The van der Waals surface area contributed by atoms with E-state index in [9.17, 15) is 14.0 Å². The van der Waals surface area contributed by atoms with Gasteiger partial charge in [0.25, 0.3) is 0 Å². The summed E-state index contributed by atoms with van der Waals surface area (Å²) in [5.74, 6) is -1.77. The smallest absolute Gasteiger partial charge is 0.411 e. The number of ether oxygens (including phenoxy) is 1. The molecule has 0 heterocycles. The van der Waals surface area contributed by atoms with Gasteiger partial charge in [-0.05, 0) is 46.0 Å². The number of rotatable bonds is 5. The van der Waals surface area contributed by atoms with Gasteiger partial charge in [0.1, 0.15) is 12.4 Å². The Kier molecular flexibility index (Phi) is 4.99. The van der Waals surface area contributed by atoms with Crippen LogP contribution in [0.15, 0.2) is 66.7 Å². The van der Waals surface area contributed by atoms with E-state index in [1.54, 1.807) is 0 Å². The van der Waals surface area contributed by atoms with Crippen LogP contribution in [0.5, 0.6) is 0 Å². The van der Waals surface area contributed by atoms with Crippen molar-refractivity contribution in [3.05, 3.63) is 89.2 Å². The van der Waals surface area contributed by atoms with Crippen LogP contribution in [0.4, 0.5) is 14.9 Å². The number of carbonyl (C=O) groups is 2. The van der Waals surface area contributed by atoms with Gasteiger partial charge in [-0.15, -0.1) is 0 Å². The summed E-state index contributed by atoms with van der Waals surface area (Å²) in [7, 11) is 0. The van der Waals surface area contributed by atoms with Gasteiger partial charge in [-0.1, -0.05) is 48.5 Å². The molecule has 0 aliphatic heterocycles. The molecule has 0 saturated heterocycles. The molecule has 2 N–H and O–H groups in total. The number of benzene rings is 3. The van der Waals surface area contributed by atoms with Crippen molar-refractivity contribution in [2.24, 2.45) is 0 Å². The highest BCUT2D eigenvalue weighted by Crippen LogP contribution is 2.44. The lowest BCUT2D eigenvalue weighted by atomic mass is 9.98. The lowest BCUT2D eigenvalue weighted by Gasteiger charge is -2.15. The summed E-state index contributed by atoms with van der Waals surface area (Å²) in [6.07, 6.45) is -1.12. The molecule has 3 aromatic carbocycles. The van der Waals surface area contributed by atoms with Crippen LogP contribution >= 0.6 is 0 Å². The molecular formula is C23H18FNO4. The number of anilines is 1. The maximum Gasteiger partial charge on any atom is 0.411 e. The van der Waals surface area contributed by atoms with E-state index in [-0.39, 0.29) is 23.8 Å². The number of fused-ring (bicyclic) bond motifs is 3. The van der Waals surface area contributed by atoms with E-state index in [0.717, 1.165) is 34.4 Å². The van der Waals surface area contributed by atoms with E-state index in [1.165, 1.54) is 6.07 Å². The molecule has 146 valence electrons. The van der Waals surface area contributed by atoms with Crippen LogP contribution in [0, 0.1) is 5.82 Å². The average Bonchev–Trinajstić information content (AvgIpc) is 3.02. The summed E-state index contributed by atoms with van der Waals surface area (Å²) in [4.78, 5) is 23.3. The molecule has 1 amide bonds. The molecule has 6 heteroatoms. The Morgan fingerprint density at radius 3 is 2.21 bits per heavy atom. The molecule has 4 rings (SSSR count). The number of nitrogens with one attached hydrogen (secondary N) is 1. The van der Waals surface area contributed by atoms with Crippen molar-refractivity contribution in [3.8, 4) is 11.1 Å². The quantitative estimate of drug-likeness (QED) is 0.654. The minimum atomic E-state index is -1.12. The predicted molar refractivity (Wildman–Crippen MR) is 106 cm³/mol. The maximum atomic E-state index is 13.4. The van der Waals surface area contributed by atoms with E-state index in [1.807, 2.05) is 48.5 Å². The third-order valence-electron chi connectivity index (χ3n) is 4.99. The summed E-state index contributed by atoms with van der Waals surface area (Å²) in [6.45, 7) is 0.134. The second-order valence-corrected chi connectivity index (χ2v) is 6.82. The monoisotopic (exact) mass is 391 g/mol. The maximum absolute atomic E-state index is 13.4. The molecule has 0 unspecified atom stereocenters. The first kappa shape index (κ1) is 18.7. The van der Waals surface area contributed by atoms with Crippen LogP contribution in [-0.2, 0) is 16.0 Å². The second kappa shape index (κ2) is 7.75. The zero-order valence-electron chi connectivity index (χ0n) is 15.4. The summed E-state index contributed by atoms with van der Waals surface area (Å²) < 4.78 is 18.9. The van der Waals surface area contributed by atoms with Crippen LogP contribution in [0.1, 0.15) is 22.6 Å². The number of aliphatic carboxylic acids is 1. The average molecular weight is 391 g/mol. The van der Waals surface area contributed by atoms with Crippen molar-refractivity contribution in [2.75, 3.05) is 11.9 Å². The molecule has 1 aliphatic rings. The number of carboxylic acid groups (broad SMARTS) is 1. The van der Waals surface area contributed by atoms with Gasteiger partial charge in [0.05, 0.1) is 6.42 Å². The molecule has 29 heavy (non-hydrogen) atoms. The van der Waals surface area contributed by atoms with Crippen LogP contribution in [-0.4, -0.2) is 23.8 Å². The highest BCUT2D eigenvalue weighted by molar-refractivity contribution is 5.87. The van der Waals surface area contributed by atoms with Crippen LogP contribution in [0.25, 0.3) is 11.1 Å². The van der Waals surface area contributed by atoms with Gasteiger partial charge in [0.2, 0.25) is 0 Å². The Bertz CT molecular complexity index is 1050. The molecule has 0 aromatic heterocycles. The minimum Gasteiger partial charge on any atom is -0.481 e. The molecule has 0 spiro atoms. The van der Waals surface area contributed by atoms with Gasteiger partial charge in [0.15, 0.2) is 0 Å². The first-order valence-corrected chi connectivity index (χ1v) is 9.15. The number of hydrogen-bond donors (Lipinski definition) is 2. The predicted octanol–water partition coefficient (Wildman–Crippen LogP) is 4.81. The van der Waals surface area contributed by atoms with E-state index in [4.69, 9.17) is 9.84 Å². The molecule has 1 aliphatic carbocycles. The van der Waals surface area contributed by atoms with E-state index in [0.29, 0.717) is 0 Å². The van der Waals surface area contributed by atoms with Gasteiger partial charge in [0, 0.05) is 11.6 Å². The standard InChI is InChI=1S/C23H18FNO4/c24-15-9-10-21(14(11-15)12-22(26)27)25-23(28)29-13-20-18-7-3-1-5-16(18)17-6-2-4-8-19(17)20/h1-11,20H,12-13H2,(H,25,28)(H,26,27). The summed E-state index contributed by atoms with van der Waals surface area (Å²) in [5.41, 5.74) is 4.82. The molecule has 5 nitrogen and oxygen atoms in total. The van der Waals surface area contributed by atoms with Gasteiger partial charge >= 0.3 is 12.1 Å². The Morgan fingerprint density at radius 2 is 1.59 bits per heavy atom. The van der Waals surface area contributed by atoms with Crippen molar-refractivity contribution in [1.82, 2.24) is 0 Å². The van der Waals surface area contributed by atoms with E-state index >= 15 is 0 Å². The SMILES string of the molecule is O=C(O)Cc1cc(F)ccc1NC(=O)OCC1c2ccccc2-c2ccccc21. The molecular weight excluding hydrogens is 373 g/mol. The lowest BCUT2D eigenvalue weighted by molar-refractivity contribution is -0.136. The first-order valence-electron chi connectivity index (χ1n) is 9.15. The molecule has 3 aromatic rings. The largest absolute Gasteiger partial charge is 0.481 e. The number of halogens is 1. The molecule has 0 radical (unpaired) electrons. The Balaban J connectivity index is 1.49. The summed E-state index contributed by atoms with van der Waals surface area (Å²) >= 11 is 0. The normalized spacial score (nSPS) is 12.2. The van der Waals surface area contributed by atoms with Crippen molar-refractivity contribution in [2.45, 2.75) is 12.3 Å². The van der Waals surface area contributed by atoms with Gasteiger partial charge in [-0.3, -0.25) is 10.1 Å². The van der Waals surface area contributed by atoms with Crippen molar-refractivity contribution in [1.29, 1.82) is 0 Å². The van der Waals surface area contributed by atoms with E-state index < -0.39 is 24.3 Å². The summed E-state index contributed by atoms with van der Waals surface area (Å²) in [5, 5.41) is 11.5. The van der Waals surface area contributed by atoms with Gasteiger partial charge in [-0.25, -0.2) is 9.18 Å². The first-order chi connectivity index (χ1) is 14.0. The van der Waals surface area contributed by atoms with E-state index in [2.05, 4.69) is 5.32 Å². The molecule has 0 bridgehead atoms. The van der Waals surface area contributed by atoms with Crippen molar-refractivity contribution in [3.63, 3.8) is 0 Å². The Labute approximate surface area is 166 Å². The second-order valence-electron chi connectivity index (χ2n) is 6.82. The number of hydrogen-bond acceptors (Lipinski definition) is 3. The van der Waals surface area contributed by atoms with Crippen LogP contribution in [0.3, 0.4) is 0 Å². The van der Waals surface area contributed by atoms with Crippen molar-refractivity contribution >= 4 is 17.7 Å². The topological polar surface area (TPSA) is 75.6 Å². The number of carboxylic acids is 1. The fourth-order valence-corrected chi connectivity index (χ4v) is 3.74. The Hall–Kier alpha value is -3.67. The third kappa shape index (κ3) is 3.82. The molecule has 0 atom stereocenters. The number of carbonyl (C=O) groups excluding carboxylic acids is 1.